The van der Waals surface area contributed by atoms with E-state index in [1.54, 1.807) is 6.20 Å². The summed E-state index contributed by atoms with van der Waals surface area (Å²) >= 11 is 0. The van der Waals surface area contributed by atoms with Gasteiger partial charge in [0.15, 0.2) is 0 Å². The third-order valence-corrected chi connectivity index (χ3v) is 4.35. The maximum Gasteiger partial charge on any atom is 0.306 e. The van der Waals surface area contributed by atoms with E-state index >= 15 is 0 Å². The molecule has 1 aromatic carbocycles. The predicted molar refractivity (Wildman–Crippen MR) is 90.3 cm³/mol. The zero-order chi connectivity index (χ0) is 16.6. The lowest BCUT2D eigenvalue weighted by atomic mass is 10.2. The van der Waals surface area contributed by atoms with Crippen molar-refractivity contribution in [1.29, 1.82) is 0 Å². The Morgan fingerprint density at radius 3 is 2.88 bits per heavy atom. The Bertz CT molecular complexity index is 613. The second-order valence-electron chi connectivity index (χ2n) is 6.15. The number of carbonyl (C=O) groups is 1. The highest BCUT2D eigenvalue weighted by Gasteiger charge is 2.31. The number of nitrogens with zero attached hydrogens (tertiary/aromatic N) is 2. The van der Waals surface area contributed by atoms with Gasteiger partial charge in [0.1, 0.15) is 6.10 Å². The van der Waals surface area contributed by atoms with E-state index in [1.165, 1.54) is 0 Å². The van der Waals surface area contributed by atoms with Crippen LogP contribution in [0.25, 0.3) is 0 Å². The Morgan fingerprint density at radius 1 is 1.21 bits per heavy atom. The Balaban J connectivity index is 1.34. The molecule has 5 heteroatoms. The van der Waals surface area contributed by atoms with Gasteiger partial charge in [-0.1, -0.05) is 30.3 Å². The van der Waals surface area contributed by atoms with E-state index in [9.17, 15) is 4.79 Å². The number of hydrogen-bond acceptors (Lipinski definition) is 4. The number of aromatic nitrogens is 2. The average molecular weight is 328 g/mol. The highest BCUT2D eigenvalue weighted by atomic mass is 16.5. The van der Waals surface area contributed by atoms with Gasteiger partial charge < -0.3 is 9.47 Å². The van der Waals surface area contributed by atoms with E-state index in [4.69, 9.17) is 9.47 Å². The number of hydrogen-bond donors (Lipinski definition) is 0. The van der Waals surface area contributed by atoms with Crippen LogP contribution in [0.3, 0.4) is 0 Å². The Kier molecular flexibility index (Phi) is 6.01. The first-order valence-corrected chi connectivity index (χ1v) is 8.63. The van der Waals surface area contributed by atoms with Crippen molar-refractivity contribution < 1.29 is 14.3 Å². The molecule has 0 saturated heterocycles. The minimum Gasteiger partial charge on any atom is -0.460 e. The molecule has 0 radical (unpaired) electrons. The predicted octanol–water partition coefficient (Wildman–Crippen LogP) is 3.52. The maximum absolute atomic E-state index is 12.0. The molecule has 24 heavy (non-hydrogen) atoms. The fourth-order valence-corrected chi connectivity index (χ4v) is 3.13. The van der Waals surface area contributed by atoms with Crippen LogP contribution >= 0.6 is 0 Å². The van der Waals surface area contributed by atoms with Gasteiger partial charge in [0.25, 0.3) is 0 Å². The average Bonchev–Trinajstić information content (AvgIpc) is 3.26. The molecule has 0 unspecified atom stereocenters. The van der Waals surface area contributed by atoms with E-state index in [2.05, 4.69) is 5.10 Å². The lowest BCUT2D eigenvalue weighted by Gasteiger charge is -2.20. The van der Waals surface area contributed by atoms with Crippen molar-refractivity contribution in [3.63, 3.8) is 0 Å². The van der Waals surface area contributed by atoms with Crippen LogP contribution in [-0.4, -0.2) is 28.5 Å². The molecule has 0 amide bonds. The summed E-state index contributed by atoms with van der Waals surface area (Å²) in [6, 6.07) is 12.1. The molecule has 3 rings (SSSR count). The molecule has 1 heterocycles. The van der Waals surface area contributed by atoms with Crippen molar-refractivity contribution in [3.05, 3.63) is 54.4 Å². The smallest absolute Gasteiger partial charge is 0.306 e. The SMILES string of the molecule is O=C(CCCOCc1ccccc1)O[C@@H]1CCC[C@H]1n1cccn1. The van der Waals surface area contributed by atoms with Crippen molar-refractivity contribution in [3.8, 4) is 0 Å². The van der Waals surface area contributed by atoms with Gasteiger partial charge in [-0.25, -0.2) is 0 Å². The summed E-state index contributed by atoms with van der Waals surface area (Å²) in [7, 11) is 0. The number of ether oxygens (including phenoxy) is 2. The van der Waals surface area contributed by atoms with E-state index < -0.39 is 0 Å². The lowest BCUT2D eigenvalue weighted by Crippen LogP contribution is -2.25. The van der Waals surface area contributed by atoms with Gasteiger partial charge in [-0.05, 0) is 37.3 Å². The molecule has 1 aliphatic carbocycles. The highest BCUT2D eigenvalue weighted by Crippen LogP contribution is 2.32. The van der Waals surface area contributed by atoms with E-state index in [-0.39, 0.29) is 18.1 Å². The first kappa shape index (κ1) is 16.7. The van der Waals surface area contributed by atoms with Gasteiger partial charge in [0, 0.05) is 25.4 Å². The Labute approximate surface area is 142 Å². The topological polar surface area (TPSA) is 53.4 Å². The molecule has 1 fully saturated rings. The van der Waals surface area contributed by atoms with Gasteiger partial charge >= 0.3 is 5.97 Å². The molecule has 0 aliphatic heterocycles. The Hall–Kier alpha value is -2.14. The van der Waals surface area contributed by atoms with Gasteiger partial charge in [0.2, 0.25) is 0 Å². The summed E-state index contributed by atoms with van der Waals surface area (Å²) < 4.78 is 13.2. The van der Waals surface area contributed by atoms with Crippen LogP contribution in [0.5, 0.6) is 0 Å². The molecule has 0 bridgehead atoms. The van der Waals surface area contributed by atoms with Crippen molar-refractivity contribution in [2.45, 2.75) is 50.9 Å². The first-order valence-electron chi connectivity index (χ1n) is 8.63. The van der Waals surface area contributed by atoms with Gasteiger partial charge in [-0.15, -0.1) is 0 Å². The zero-order valence-corrected chi connectivity index (χ0v) is 13.8. The maximum atomic E-state index is 12.0. The van der Waals surface area contributed by atoms with E-state index in [0.717, 1.165) is 24.8 Å². The molecule has 1 saturated carbocycles. The monoisotopic (exact) mass is 328 g/mol. The van der Waals surface area contributed by atoms with Crippen LogP contribution in [0, 0.1) is 0 Å². The van der Waals surface area contributed by atoms with Crippen molar-refractivity contribution in [1.82, 2.24) is 9.78 Å². The normalized spacial score (nSPS) is 20.2. The number of benzene rings is 1. The summed E-state index contributed by atoms with van der Waals surface area (Å²) in [6.07, 6.45) is 7.74. The second-order valence-corrected chi connectivity index (χ2v) is 6.15. The number of carbonyl (C=O) groups excluding carboxylic acids is 1. The number of esters is 1. The van der Waals surface area contributed by atoms with Gasteiger partial charge in [-0.2, -0.15) is 5.10 Å². The summed E-state index contributed by atoms with van der Waals surface area (Å²) in [5.41, 5.74) is 1.15. The van der Waals surface area contributed by atoms with Crippen molar-refractivity contribution >= 4 is 5.97 Å². The van der Waals surface area contributed by atoms with Crippen LogP contribution < -0.4 is 0 Å². The molecule has 5 nitrogen and oxygen atoms in total. The molecule has 128 valence electrons. The van der Waals surface area contributed by atoms with Gasteiger partial charge in [0.05, 0.1) is 12.6 Å². The minimum atomic E-state index is -0.137. The molecule has 2 atom stereocenters. The summed E-state index contributed by atoms with van der Waals surface area (Å²) in [6.45, 7) is 1.15. The largest absolute Gasteiger partial charge is 0.460 e. The molecule has 2 aromatic rings. The quantitative estimate of drug-likeness (QED) is 0.549. The van der Waals surface area contributed by atoms with Crippen LogP contribution in [0.4, 0.5) is 0 Å². The number of rotatable bonds is 8. The zero-order valence-electron chi connectivity index (χ0n) is 13.8. The van der Waals surface area contributed by atoms with Crippen LogP contribution in [0.1, 0.15) is 43.7 Å². The summed E-state index contributed by atoms with van der Waals surface area (Å²) in [5, 5.41) is 4.28. The Morgan fingerprint density at radius 2 is 2.08 bits per heavy atom. The van der Waals surface area contributed by atoms with Crippen molar-refractivity contribution in [2.24, 2.45) is 0 Å². The van der Waals surface area contributed by atoms with Crippen LogP contribution in [-0.2, 0) is 20.9 Å². The molecule has 1 aliphatic rings. The molecule has 0 N–H and O–H groups in total. The molecular formula is C19H24N2O3. The van der Waals surface area contributed by atoms with Crippen LogP contribution in [0.15, 0.2) is 48.8 Å². The standard InChI is InChI=1S/C19H24N2O3/c22-19(11-5-14-23-15-16-7-2-1-3-8-16)24-18-10-4-9-17(18)21-13-6-12-20-21/h1-3,6-8,12-13,17-18H,4-5,9-11,14-15H2/t17-,18-/m1/s1. The highest BCUT2D eigenvalue weighted by molar-refractivity contribution is 5.69. The first-order chi connectivity index (χ1) is 11.8. The molecule has 1 aromatic heterocycles. The van der Waals surface area contributed by atoms with E-state index in [0.29, 0.717) is 26.1 Å². The third kappa shape index (κ3) is 4.68. The van der Waals surface area contributed by atoms with Crippen molar-refractivity contribution in [2.75, 3.05) is 6.61 Å². The van der Waals surface area contributed by atoms with Gasteiger partial charge in [-0.3, -0.25) is 9.48 Å². The summed E-state index contributed by atoms with van der Waals surface area (Å²) in [4.78, 5) is 12.0. The molecule has 0 spiro atoms. The fourth-order valence-electron chi connectivity index (χ4n) is 3.13. The lowest BCUT2D eigenvalue weighted by molar-refractivity contribution is -0.151. The summed E-state index contributed by atoms with van der Waals surface area (Å²) in [5.74, 6) is -0.137. The minimum absolute atomic E-state index is 0.0531. The van der Waals surface area contributed by atoms with E-state index in [1.807, 2.05) is 47.3 Å². The van der Waals surface area contributed by atoms with Crippen LogP contribution in [0.2, 0.25) is 0 Å². The fraction of sp³-hybridized carbons (Fsp3) is 0.474. The third-order valence-electron chi connectivity index (χ3n) is 4.35. The second kappa shape index (κ2) is 8.64. The molecular weight excluding hydrogens is 304 g/mol.